The van der Waals surface area contributed by atoms with Gasteiger partial charge in [-0.1, -0.05) is 10.3 Å². The summed E-state index contributed by atoms with van der Waals surface area (Å²) >= 11 is 0. The van der Waals surface area contributed by atoms with Crippen molar-refractivity contribution in [3.8, 4) is 0 Å². The zero-order valence-corrected chi connectivity index (χ0v) is 10.8. The fourth-order valence-electron chi connectivity index (χ4n) is 0.277. The molecule has 0 unspecified atom stereocenters. The van der Waals surface area contributed by atoms with E-state index in [2.05, 4.69) is 20.6 Å². The fraction of sp³-hybridized carbons (Fsp3) is 0.500. The van der Waals surface area contributed by atoms with Gasteiger partial charge in [0.15, 0.2) is 0 Å². The molecule has 0 aliphatic heterocycles. The number of oxime groups is 2. The third-order valence-corrected chi connectivity index (χ3v) is 1.62. The molecule has 0 aliphatic carbocycles. The van der Waals surface area contributed by atoms with Crippen molar-refractivity contribution in [3.05, 3.63) is 10.4 Å². The molecule has 0 radical (unpaired) electrons. The number of nitrogens with zero attached hydrogens (tertiary/aromatic N) is 4. The molecule has 0 fully saturated rings. The Labute approximate surface area is 109 Å². The molecule has 0 aromatic heterocycles. The van der Waals surface area contributed by atoms with E-state index in [1.807, 2.05) is 0 Å². The standard InChI is InChI=1S/2C4H8N2O2.Ni/c2*1-3(5-7)4(2)6-8;/h2*7-8H,1-2H3;/p-2/b2*5-3+,6-4+;. The fourth-order valence-corrected chi connectivity index (χ4v) is 0.277. The van der Waals surface area contributed by atoms with E-state index in [1.54, 1.807) is 0 Å². The normalized spacial score (nSPS) is 13.4. The maximum Gasteiger partial charge on any atom is 0.0967 e. The van der Waals surface area contributed by atoms with Gasteiger partial charge in [0.25, 0.3) is 0 Å². The van der Waals surface area contributed by atoms with Crippen molar-refractivity contribution in [2.24, 2.45) is 20.6 Å². The van der Waals surface area contributed by atoms with Crippen molar-refractivity contribution >= 4 is 22.8 Å². The largest absolute Gasteiger partial charge is 0.792 e. The Morgan fingerprint density at radius 1 is 0.706 bits per heavy atom. The minimum atomic E-state index is 0. The maximum absolute atomic E-state index is 9.63. The van der Waals surface area contributed by atoms with E-state index >= 15 is 0 Å². The molecule has 17 heavy (non-hydrogen) atoms. The smallest absolute Gasteiger partial charge is 0.0967 e. The summed E-state index contributed by atoms with van der Waals surface area (Å²) in [5.74, 6) is 0. The Bertz CT molecular complexity index is 261. The van der Waals surface area contributed by atoms with Gasteiger partial charge in [-0.05, 0) is 27.7 Å². The van der Waals surface area contributed by atoms with Gasteiger partial charge >= 0.3 is 0 Å². The molecule has 0 rings (SSSR count). The summed E-state index contributed by atoms with van der Waals surface area (Å²) in [6, 6.07) is 0. The molecule has 0 aliphatic rings. The summed E-state index contributed by atoms with van der Waals surface area (Å²) in [4.78, 5) is 0. The Morgan fingerprint density at radius 3 is 1.00 bits per heavy atom. The summed E-state index contributed by atoms with van der Waals surface area (Å²) in [5, 5.41) is 45.8. The van der Waals surface area contributed by atoms with Crippen molar-refractivity contribution < 1.29 is 26.9 Å². The summed E-state index contributed by atoms with van der Waals surface area (Å²) in [5.41, 5.74) is 0.903. The zero-order chi connectivity index (χ0) is 13.1. The van der Waals surface area contributed by atoms with Crippen LogP contribution in [-0.4, -0.2) is 33.3 Å². The first-order valence-electron chi connectivity index (χ1n) is 4.16. The summed E-state index contributed by atoms with van der Waals surface area (Å²) in [7, 11) is 0. The SMILES string of the molecule is CC(=N\[O-])/C(C)=N/O.CC(=N\[O-])/C(C)=N/O.[Ni]. The molecule has 102 valence electrons. The molecule has 2 N–H and O–H groups in total. The maximum atomic E-state index is 9.63. The van der Waals surface area contributed by atoms with Gasteiger partial charge in [-0.2, -0.15) is 0 Å². The zero-order valence-electron chi connectivity index (χ0n) is 9.82. The number of hydrogen-bond donors (Lipinski definition) is 2. The Kier molecular flexibility index (Phi) is 15.2. The summed E-state index contributed by atoms with van der Waals surface area (Å²) in [6.45, 7) is 5.94. The monoisotopic (exact) mass is 288 g/mol. The predicted octanol–water partition coefficient (Wildman–Crippen LogP) is 1.59. The van der Waals surface area contributed by atoms with Crippen LogP contribution in [0.4, 0.5) is 0 Å². The third kappa shape index (κ3) is 10.7. The van der Waals surface area contributed by atoms with Crippen molar-refractivity contribution in [1.29, 1.82) is 0 Å². The first kappa shape index (κ1) is 20.7. The van der Waals surface area contributed by atoms with E-state index in [-0.39, 0.29) is 39.3 Å². The molecule has 9 heteroatoms. The topological polar surface area (TPSA) is 136 Å². The predicted molar refractivity (Wildman–Crippen MR) is 62.7 cm³/mol. The quantitative estimate of drug-likeness (QED) is 0.345. The molecule has 0 saturated heterocycles. The van der Waals surface area contributed by atoms with Crippen LogP contribution < -0.4 is 0 Å². The van der Waals surface area contributed by atoms with Crippen LogP contribution in [0.2, 0.25) is 0 Å². The van der Waals surface area contributed by atoms with Crippen LogP contribution in [0.1, 0.15) is 27.7 Å². The van der Waals surface area contributed by atoms with Crippen molar-refractivity contribution in [1.82, 2.24) is 0 Å². The van der Waals surface area contributed by atoms with Gasteiger partial charge in [-0.15, -0.1) is 0 Å². The first-order valence-corrected chi connectivity index (χ1v) is 4.16. The average Bonchev–Trinajstić information content (AvgIpc) is 2.35. The summed E-state index contributed by atoms with van der Waals surface area (Å²) in [6.07, 6.45) is 0. The van der Waals surface area contributed by atoms with Gasteiger partial charge in [0, 0.05) is 16.5 Å². The van der Waals surface area contributed by atoms with Gasteiger partial charge in [-0.25, -0.2) is 0 Å². The van der Waals surface area contributed by atoms with Crippen LogP contribution in [0, 0.1) is 10.4 Å². The molecular weight excluding hydrogens is 275 g/mol. The van der Waals surface area contributed by atoms with Crippen molar-refractivity contribution in [2.75, 3.05) is 0 Å². The molecule has 0 amide bonds. The van der Waals surface area contributed by atoms with Crippen molar-refractivity contribution in [2.45, 2.75) is 27.7 Å². The molecule has 0 aromatic rings. The summed E-state index contributed by atoms with van der Waals surface area (Å²) < 4.78 is 0. The van der Waals surface area contributed by atoms with E-state index < -0.39 is 0 Å². The number of hydrogen-bond acceptors (Lipinski definition) is 8. The minimum absolute atomic E-state index is 0. The van der Waals surface area contributed by atoms with Crippen LogP contribution in [0.5, 0.6) is 0 Å². The molecule has 0 saturated carbocycles. The molecular formula is C8H14N4NiO4-2. The van der Waals surface area contributed by atoms with E-state index in [0.717, 1.165) is 0 Å². The Balaban J connectivity index is -0.000000218. The Morgan fingerprint density at radius 2 is 0.941 bits per heavy atom. The second-order valence-electron chi connectivity index (χ2n) is 2.72. The van der Waals surface area contributed by atoms with E-state index in [0.29, 0.717) is 0 Å². The van der Waals surface area contributed by atoms with E-state index in [9.17, 15) is 10.4 Å². The van der Waals surface area contributed by atoms with Gasteiger partial charge < -0.3 is 31.1 Å². The van der Waals surface area contributed by atoms with Gasteiger partial charge in [0.2, 0.25) is 0 Å². The molecule has 0 aromatic carbocycles. The van der Waals surface area contributed by atoms with Gasteiger partial charge in [-0.3, -0.25) is 0 Å². The van der Waals surface area contributed by atoms with Gasteiger partial charge in [0.05, 0.1) is 22.8 Å². The molecule has 8 nitrogen and oxygen atoms in total. The molecule has 0 bridgehead atoms. The van der Waals surface area contributed by atoms with Crippen LogP contribution >= 0.6 is 0 Å². The second-order valence-corrected chi connectivity index (χ2v) is 2.72. The third-order valence-electron chi connectivity index (χ3n) is 1.62. The van der Waals surface area contributed by atoms with Crippen LogP contribution in [-0.2, 0) is 16.5 Å². The molecule has 0 spiro atoms. The number of rotatable bonds is 2. The van der Waals surface area contributed by atoms with E-state index in [4.69, 9.17) is 10.4 Å². The first-order chi connectivity index (χ1) is 7.44. The Hall–Kier alpha value is -1.63. The van der Waals surface area contributed by atoms with E-state index in [1.165, 1.54) is 27.7 Å². The average molecular weight is 289 g/mol. The van der Waals surface area contributed by atoms with Crippen LogP contribution in [0.15, 0.2) is 20.6 Å². The van der Waals surface area contributed by atoms with Crippen molar-refractivity contribution in [3.63, 3.8) is 0 Å². The molecule has 0 heterocycles. The van der Waals surface area contributed by atoms with Gasteiger partial charge in [0.1, 0.15) is 0 Å². The van der Waals surface area contributed by atoms with Crippen LogP contribution in [0.3, 0.4) is 0 Å². The van der Waals surface area contributed by atoms with Crippen LogP contribution in [0.25, 0.3) is 0 Å². The second kappa shape index (κ2) is 12.4. The minimum Gasteiger partial charge on any atom is -0.792 e. The molecule has 0 atom stereocenters.